The van der Waals surface area contributed by atoms with Gasteiger partial charge in [-0.2, -0.15) is 0 Å². The Labute approximate surface area is 143 Å². The highest BCUT2D eigenvalue weighted by atomic mass is 32.1. The largest absolute Gasteiger partial charge is 0.459 e. The van der Waals surface area contributed by atoms with Crippen LogP contribution in [-0.4, -0.2) is 47.0 Å². The maximum absolute atomic E-state index is 12.4. The summed E-state index contributed by atoms with van der Waals surface area (Å²) >= 11 is 1.28. The number of nitrogens with zero attached hydrogens (tertiary/aromatic N) is 2. The van der Waals surface area contributed by atoms with Gasteiger partial charge >= 0.3 is 0 Å². The molecular formula is C16H19N3O4S. The average molecular weight is 349 g/mol. The highest BCUT2D eigenvalue weighted by Gasteiger charge is 2.26. The minimum absolute atomic E-state index is 0.0196. The summed E-state index contributed by atoms with van der Waals surface area (Å²) in [4.78, 5) is 30.4. The molecule has 2 amide bonds. The van der Waals surface area contributed by atoms with Crippen LogP contribution in [-0.2, 0) is 16.0 Å². The van der Waals surface area contributed by atoms with Gasteiger partial charge in [0, 0.05) is 18.5 Å². The lowest BCUT2D eigenvalue weighted by Gasteiger charge is -2.35. The Morgan fingerprint density at radius 3 is 2.79 bits per heavy atom. The van der Waals surface area contributed by atoms with Crippen molar-refractivity contribution in [2.24, 2.45) is 0 Å². The summed E-state index contributed by atoms with van der Waals surface area (Å²) in [5.74, 6) is -0.117. The lowest BCUT2D eigenvalue weighted by Crippen LogP contribution is -2.48. The molecule has 0 radical (unpaired) electrons. The van der Waals surface area contributed by atoms with Crippen LogP contribution in [0.1, 0.15) is 30.1 Å². The summed E-state index contributed by atoms with van der Waals surface area (Å²) in [5.41, 5.74) is 0.645. The van der Waals surface area contributed by atoms with Crippen molar-refractivity contribution in [3.8, 4) is 0 Å². The SMILES string of the molecule is CC1CN(C(=O)Cc2csc(NC(=O)c3ccco3)n2)CC(C)O1. The first kappa shape index (κ1) is 16.7. The molecule has 1 N–H and O–H groups in total. The molecule has 7 nitrogen and oxygen atoms in total. The van der Waals surface area contributed by atoms with Gasteiger partial charge in [0.1, 0.15) is 0 Å². The molecule has 2 aromatic heterocycles. The number of carbonyl (C=O) groups is 2. The molecule has 1 aliphatic heterocycles. The lowest BCUT2D eigenvalue weighted by atomic mass is 10.2. The topological polar surface area (TPSA) is 84.7 Å². The first-order valence-corrected chi connectivity index (χ1v) is 8.61. The van der Waals surface area contributed by atoms with E-state index in [-0.39, 0.29) is 36.2 Å². The molecule has 3 rings (SSSR count). The molecule has 2 unspecified atom stereocenters. The minimum atomic E-state index is -0.358. The Hall–Kier alpha value is -2.19. The standard InChI is InChI=1S/C16H19N3O4S/c1-10-7-19(8-11(2)23-10)14(20)6-12-9-24-16(17-12)18-15(21)13-4-3-5-22-13/h3-5,9-11H,6-8H2,1-2H3,(H,17,18,21). The van der Waals surface area contributed by atoms with E-state index in [4.69, 9.17) is 9.15 Å². The number of carbonyl (C=O) groups excluding carboxylic acids is 2. The molecular weight excluding hydrogens is 330 g/mol. The summed E-state index contributed by atoms with van der Waals surface area (Å²) in [6.07, 6.45) is 1.73. The van der Waals surface area contributed by atoms with Crippen LogP contribution in [0.5, 0.6) is 0 Å². The molecule has 3 heterocycles. The molecule has 0 aromatic carbocycles. The Balaban J connectivity index is 1.57. The van der Waals surface area contributed by atoms with Crippen LogP contribution in [0.2, 0.25) is 0 Å². The van der Waals surface area contributed by atoms with Crippen LogP contribution >= 0.6 is 11.3 Å². The van der Waals surface area contributed by atoms with Crippen molar-refractivity contribution in [3.63, 3.8) is 0 Å². The second-order valence-corrected chi connectivity index (χ2v) is 6.67. The smallest absolute Gasteiger partial charge is 0.293 e. The number of anilines is 1. The van der Waals surface area contributed by atoms with Gasteiger partial charge in [-0.05, 0) is 26.0 Å². The van der Waals surface area contributed by atoms with Crippen molar-refractivity contribution < 1.29 is 18.7 Å². The third-order valence-electron chi connectivity index (χ3n) is 3.62. The fourth-order valence-corrected chi connectivity index (χ4v) is 3.37. The normalized spacial score (nSPS) is 20.8. The third-order valence-corrected chi connectivity index (χ3v) is 4.43. The van der Waals surface area contributed by atoms with E-state index in [0.717, 1.165) is 0 Å². The molecule has 1 fully saturated rings. The van der Waals surface area contributed by atoms with Crippen LogP contribution in [0.15, 0.2) is 28.2 Å². The second kappa shape index (κ2) is 7.14. The van der Waals surface area contributed by atoms with Gasteiger partial charge in [-0.15, -0.1) is 11.3 Å². The van der Waals surface area contributed by atoms with E-state index in [0.29, 0.717) is 23.9 Å². The molecule has 1 aliphatic rings. The van der Waals surface area contributed by atoms with Gasteiger partial charge in [-0.25, -0.2) is 4.98 Å². The predicted octanol–water partition coefficient (Wildman–Crippen LogP) is 2.17. The Morgan fingerprint density at radius 2 is 2.12 bits per heavy atom. The summed E-state index contributed by atoms with van der Waals surface area (Å²) in [6, 6.07) is 3.22. The van der Waals surface area contributed by atoms with Gasteiger partial charge < -0.3 is 14.1 Å². The number of hydrogen-bond acceptors (Lipinski definition) is 6. The van der Waals surface area contributed by atoms with Crippen LogP contribution in [0.25, 0.3) is 0 Å². The number of ether oxygens (including phenoxy) is 1. The van der Waals surface area contributed by atoms with Crippen molar-refractivity contribution in [3.05, 3.63) is 35.2 Å². The number of amides is 2. The highest BCUT2D eigenvalue weighted by Crippen LogP contribution is 2.18. The Kier molecular flexibility index (Phi) is 4.96. The average Bonchev–Trinajstić information content (AvgIpc) is 3.18. The van der Waals surface area contributed by atoms with Crippen LogP contribution < -0.4 is 5.32 Å². The second-order valence-electron chi connectivity index (χ2n) is 5.81. The molecule has 0 spiro atoms. The molecule has 0 aliphatic carbocycles. The van der Waals surface area contributed by atoms with Crippen molar-refractivity contribution in [1.29, 1.82) is 0 Å². The number of nitrogens with one attached hydrogen (secondary N) is 1. The molecule has 0 bridgehead atoms. The van der Waals surface area contributed by atoms with E-state index in [1.165, 1.54) is 17.6 Å². The minimum Gasteiger partial charge on any atom is -0.459 e. The van der Waals surface area contributed by atoms with Gasteiger partial charge in [0.25, 0.3) is 5.91 Å². The fourth-order valence-electron chi connectivity index (χ4n) is 2.66. The van der Waals surface area contributed by atoms with Gasteiger partial charge in [0.05, 0.1) is 30.6 Å². The molecule has 2 aromatic rings. The molecule has 0 saturated carbocycles. The Morgan fingerprint density at radius 1 is 1.38 bits per heavy atom. The number of hydrogen-bond donors (Lipinski definition) is 1. The number of aromatic nitrogens is 1. The van der Waals surface area contributed by atoms with E-state index >= 15 is 0 Å². The van der Waals surface area contributed by atoms with Gasteiger partial charge in [0.15, 0.2) is 10.9 Å². The molecule has 2 atom stereocenters. The van der Waals surface area contributed by atoms with Crippen molar-refractivity contribution in [2.75, 3.05) is 18.4 Å². The third kappa shape index (κ3) is 4.01. The van der Waals surface area contributed by atoms with Crippen LogP contribution in [0.4, 0.5) is 5.13 Å². The highest BCUT2D eigenvalue weighted by molar-refractivity contribution is 7.14. The summed E-state index contributed by atoms with van der Waals surface area (Å²) in [5, 5.41) is 4.89. The van der Waals surface area contributed by atoms with E-state index in [1.54, 1.807) is 22.4 Å². The number of thiazole rings is 1. The summed E-state index contributed by atoms with van der Waals surface area (Å²) in [6.45, 7) is 5.10. The van der Waals surface area contributed by atoms with Crippen molar-refractivity contribution in [1.82, 2.24) is 9.88 Å². The lowest BCUT2D eigenvalue weighted by molar-refractivity contribution is -0.142. The summed E-state index contributed by atoms with van der Waals surface area (Å²) in [7, 11) is 0. The van der Waals surface area contributed by atoms with E-state index in [9.17, 15) is 9.59 Å². The quantitative estimate of drug-likeness (QED) is 0.914. The molecule has 8 heteroatoms. The predicted molar refractivity (Wildman–Crippen MR) is 89.1 cm³/mol. The molecule has 1 saturated heterocycles. The van der Waals surface area contributed by atoms with E-state index in [2.05, 4.69) is 10.3 Å². The van der Waals surface area contributed by atoms with Crippen molar-refractivity contribution >= 4 is 28.3 Å². The Bertz CT molecular complexity index is 703. The number of morpholine rings is 1. The number of furan rings is 1. The molecule has 24 heavy (non-hydrogen) atoms. The van der Waals surface area contributed by atoms with Crippen LogP contribution in [0, 0.1) is 0 Å². The monoisotopic (exact) mass is 349 g/mol. The zero-order valence-corrected chi connectivity index (χ0v) is 14.3. The van der Waals surface area contributed by atoms with Gasteiger partial charge in [0.2, 0.25) is 5.91 Å². The maximum Gasteiger partial charge on any atom is 0.293 e. The van der Waals surface area contributed by atoms with Crippen molar-refractivity contribution in [2.45, 2.75) is 32.5 Å². The van der Waals surface area contributed by atoms with E-state index < -0.39 is 0 Å². The van der Waals surface area contributed by atoms with Gasteiger partial charge in [-0.1, -0.05) is 0 Å². The zero-order chi connectivity index (χ0) is 17.1. The molecule has 128 valence electrons. The fraction of sp³-hybridized carbons (Fsp3) is 0.438. The first-order chi connectivity index (χ1) is 11.5. The van der Waals surface area contributed by atoms with E-state index in [1.807, 2.05) is 13.8 Å². The van der Waals surface area contributed by atoms with Crippen LogP contribution in [0.3, 0.4) is 0 Å². The number of rotatable bonds is 4. The van der Waals surface area contributed by atoms with Gasteiger partial charge in [-0.3, -0.25) is 14.9 Å². The zero-order valence-electron chi connectivity index (χ0n) is 13.5. The maximum atomic E-state index is 12.4. The summed E-state index contributed by atoms with van der Waals surface area (Å²) < 4.78 is 10.7. The first-order valence-electron chi connectivity index (χ1n) is 7.73.